The number of nitrogens with zero attached hydrogens (tertiary/aromatic N) is 1. The third-order valence-electron chi connectivity index (χ3n) is 3.32. The lowest BCUT2D eigenvalue weighted by atomic mass is 10.0. The first-order valence-corrected chi connectivity index (χ1v) is 6.63. The lowest BCUT2D eigenvalue weighted by Crippen LogP contribution is -2.43. The van der Waals surface area contributed by atoms with Gasteiger partial charge in [0.2, 0.25) is 0 Å². The van der Waals surface area contributed by atoms with Gasteiger partial charge in [0.25, 0.3) is 0 Å². The number of carbonyl (C=O) groups excluding carboxylic acids is 1. The van der Waals surface area contributed by atoms with E-state index in [0.29, 0.717) is 11.5 Å². The summed E-state index contributed by atoms with van der Waals surface area (Å²) < 4.78 is 13.3. The molecule has 0 saturated carbocycles. The molecular weight excluding hydrogens is 243 g/mol. The highest BCUT2D eigenvalue weighted by molar-refractivity contribution is 5.76. The van der Waals surface area contributed by atoms with Crippen molar-refractivity contribution in [1.82, 2.24) is 10.2 Å². The molecule has 1 fully saturated rings. The summed E-state index contributed by atoms with van der Waals surface area (Å²) in [7, 11) is 0. The van der Waals surface area contributed by atoms with Crippen LogP contribution in [-0.2, 0) is 0 Å². The first kappa shape index (κ1) is 13.6. The SMILES string of the molecule is CC1CCCN(C(=O)N/C=C/c2ccccc2F)C1. The number of piperidine rings is 1. The second-order valence-electron chi connectivity index (χ2n) is 5.00. The van der Waals surface area contributed by atoms with Crippen LogP contribution in [0.3, 0.4) is 0 Å². The van der Waals surface area contributed by atoms with E-state index < -0.39 is 0 Å². The van der Waals surface area contributed by atoms with Gasteiger partial charge in [-0.15, -0.1) is 0 Å². The van der Waals surface area contributed by atoms with Gasteiger partial charge >= 0.3 is 6.03 Å². The van der Waals surface area contributed by atoms with E-state index in [1.165, 1.54) is 18.7 Å². The number of amides is 2. The molecule has 0 bridgehead atoms. The highest BCUT2D eigenvalue weighted by Gasteiger charge is 2.19. The van der Waals surface area contributed by atoms with Gasteiger partial charge in [-0.1, -0.05) is 25.1 Å². The quantitative estimate of drug-likeness (QED) is 0.872. The van der Waals surface area contributed by atoms with Crippen molar-refractivity contribution in [3.05, 3.63) is 41.8 Å². The van der Waals surface area contributed by atoms with Crippen molar-refractivity contribution < 1.29 is 9.18 Å². The van der Waals surface area contributed by atoms with Crippen LogP contribution >= 0.6 is 0 Å². The zero-order valence-corrected chi connectivity index (χ0v) is 11.1. The van der Waals surface area contributed by atoms with Crippen LogP contribution in [0, 0.1) is 11.7 Å². The van der Waals surface area contributed by atoms with Crippen LogP contribution in [0.25, 0.3) is 6.08 Å². The Morgan fingerprint density at radius 1 is 1.47 bits per heavy atom. The Hall–Kier alpha value is -1.84. The molecule has 0 aliphatic carbocycles. The van der Waals surface area contributed by atoms with E-state index in [1.807, 2.05) is 0 Å². The Morgan fingerprint density at radius 3 is 3.00 bits per heavy atom. The van der Waals surface area contributed by atoms with Crippen molar-refractivity contribution in [2.45, 2.75) is 19.8 Å². The van der Waals surface area contributed by atoms with E-state index in [1.54, 1.807) is 29.2 Å². The molecular formula is C15H19FN2O. The molecule has 1 heterocycles. The van der Waals surface area contributed by atoms with E-state index in [-0.39, 0.29) is 11.8 Å². The molecule has 1 aromatic carbocycles. The summed E-state index contributed by atoms with van der Waals surface area (Å²) in [4.78, 5) is 13.7. The molecule has 1 aliphatic heterocycles. The van der Waals surface area contributed by atoms with Gasteiger partial charge in [0, 0.05) is 24.9 Å². The Balaban J connectivity index is 1.88. The average molecular weight is 262 g/mol. The predicted octanol–water partition coefficient (Wildman–Crippen LogP) is 3.24. The number of nitrogens with one attached hydrogen (secondary N) is 1. The molecule has 0 radical (unpaired) electrons. The molecule has 3 nitrogen and oxygen atoms in total. The van der Waals surface area contributed by atoms with Gasteiger partial charge in [-0.05, 0) is 30.9 Å². The number of benzene rings is 1. The summed E-state index contributed by atoms with van der Waals surface area (Å²) in [5.41, 5.74) is 0.467. The normalized spacial score (nSPS) is 19.7. The smallest absolute Gasteiger partial charge is 0.321 e. The van der Waals surface area contributed by atoms with Crippen molar-refractivity contribution in [3.8, 4) is 0 Å². The second kappa shape index (κ2) is 6.36. The van der Waals surface area contributed by atoms with E-state index in [4.69, 9.17) is 0 Å². The van der Waals surface area contributed by atoms with E-state index >= 15 is 0 Å². The lowest BCUT2D eigenvalue weighted by molar-refractivity contribution is 0.173. The van der Waals surface area contributed by atoms with Gasteiger partial charge in [-0.2, -0.15) is 0 Å². The maximum absolute atomic E-state index is 13.3. The van der Waals surface area contributed by atoms with Gasteiger partial charge < -0.3 is 10.2 Å². The molecule has 1 N–H and O–H groups in total. The highest BCUT2D eigenvalue weighted by Crippen LogP contribution is 2.15. The summed E-state index contributed by atoms with van der Waals surface area (Å²) in [6.45, 7) is 3.73. The zero-order chi connectivity index (χ0) is 13.7. The number of carbonyl (C=O) groups is 1. The van der Waals surface area contributed by atoms with Crippen molar-refractivity contribution in [2.75, 3.05) is 13.1 Å². The van der Waals surface area contributed by atoms with Gasteiger partial charge in [0.15, 0.2) is 0 Å². The monoisotopic (exact) mass is 262 g/mol. The van der Waals surface area contributed by atoms with E-state index in [9.17, 15) is 9.18 Å². The molecule has 1 unspecified atom stereocenters. The fourth-order valence-corrected chi connectivity index (χ4v) is 2.28. The van der Waals surface area contributed by atoms with Crippen LogP contribution in [0.4, 0.5) is 9.18 Å². The van der Waals surface area contributed by atoms with Gasteiger partial charge in [-0.25, -0.2) is 9.18 Å². The number of urea groups is 1. The average Bonchev–Trinajstić information content (AvgIpc) is 2.41. The molecule has 1 atom stereocenters. The minimum atomic E-state index is -0.292. The standard InChI is InChI=1S/C15H19FN2O/c1-12-5-4-10-18(11-12)15(19)17-9-8-13-6-2-3-7-14(13)16/h2-3,6-9,12H,4-5,10-11H2,1H3,(H,17,19)/b9-8+. The summed E-state index contributed by atoms with van der Waals surface area (Å²) >= 11 is 0. The Kier molecular flexibility index (Phi) is 4.55. The molecule has 102 valence electrons. The third-order valence-corrected chi connectivity index (χ3v) is 3.32. The Labute approximate surface area is 113 Å². The Bertz CT molecular complexity index is 473. The van der Waals surface area contributed by atoms with Crippen molar-refractivity contribution >= 4 is 12.1 Å². The largest absolute Gasteiger partial charge is 0.324 e. The lowest BCUT2D eigenvalue weighted by Gasteiger charge is -2.30. The van der Waals surface area contributed by atoms with Crippen molar-refractivity contribution in [2.24, 2.45) is 5.92 Å². The molecule has 2 rings (SSSR count). The van der Waals surface area contributed by atoms with Crippen LogP contribution < -0.4 is 5.32 Å². The van der Waals surface area contributed by atoms with Gasteiger partial charge in [-0.3, -0.25) is 0 Å². The number of hydrogen-bond acceptors (Lipinski definition) is 1. The predicted molar refractivity (Wildman–Crippen MR) is 73.9 cm³/mol. The number of rotatable bonds is 2. The minimum absolute atomic E-state index is 0.112. The maximum atomic E-state index is 13.3. The summed E-state index contributed by atoms with van der Waals surface area (Å²) in [5, 5.41) is 2.69. The Morgan fingerprint density at radius 2 is 2.26 bits per heavy atom. The van der Waals surface area contributed by atoms with Crippen LogP contribution in [-0.4, -0.2) is 24.0 Å². The molecule has 19 heavy (non-hydrogen) atoms. The van der Waals surface area contributed by atoms with Crippen LogP contribution in [0.15, 0.2) is 30.5 Å². The zero-order valence-electron chi connectivity index (χ0n) is 11.1. The van der Waals surface area contributed by atoms with E-state index in [0.717, 1.165) is 19.5 Å². The fourth-order valence-electron chi connectivity index (χ4n) is 2.28. The van der Waals surface area contributed by atoms with Crippen LogP contribution in [0.5, 0.6) is 0 Å². The number of likely N-dealkylation sites (tertiary alicyclic amines) is 1. The summed E-state index contributed by atoms with van der Waals surface area (Å²) in [6, 6.07) is 6.35. The summed E-state index contributed by atoms with van der Waals surface area (Å²) in [5.74, 6) is 0.259. The minimum Gasteiger partial charge on any atom is -0.324 e. The topological polar surface area (TPSA) is 32.3 Å². The number of hydrogen-bond donors (Lipinski definition) is 1. The number of halogens is 1. The maximum Gasteiger partial charge on any atom is 0.321 e. The molecule has 0 aromatic heterocycles. The molecule has 2 amide bonds. The summed E-state index contributed by atoms with van der Waals surface area (Å²) in [6.07, 6.45) is 5.29. The fraction of sp³-hybridized carbons (Fsp3) is 0.400. The first-order valence-electron chi connectivity index (χ1n) is 6.63. The molecule has 1 aliphatic rings. The van der Waals surface area contributed by atoms with Crippen LogP contribution in [0.2, 0.25) is 0 Å². The van der Waals surface area contributed by atoms with Crippen molar-refractivity contribution in [3.63, 3.8) is 0 Å². The first-order chi connectivity index (χ1) is 9.16. The third kappa shape index (κ3) is 3.81. The van der Waals surface area contributed by atoms with E-state index in [2.05, 4.69) is 12.2 Å². The molecule has 4 heteroatoms. The van der Waals surface area contributed by atoms with Crippen LogP contribution in [0.1, 0.15) is 25.3 Å². The van der Waals surface area contributed by atoms with Crippen molar-refractivity contribution in [1.29, 1.82) is 0 Å². The van der Waals surface area contributed by atoms with Gasteiger partial charge in [0.1, 0.15) is 5.82 Å². The molecule has 0 spiro atoms. The highest BCUT2D eigenvalue weighted by atomic mass is 19.1. The molecule has 1 aromatic rings. The van der Waals surface area contributed by atoms with Gasteiger partial charge in [0.05, 0.1) is 0 Å². The second-order valence-corrected chi connectivity index (χ2v) is 5.00. The molecule has 1 saturated heterocycles.